The standard InChI is InChI=1S/C17H27ClO2/c1-12(2)5-4-6-14-7-8-16(13(3)9-14)17-19-11-15(10-18)20-17/h5,7,13,15-17H,4,6,8-11H2,1-3H3/t13-,15-,16+,17-/m1/s1. The maximum Gasteiger partial charge on any atom is 0.161 e. The molecular weight excluding hydrogens is 272 g/mol. The van der Waals surface area contributed by atoms with Crippen LogP contribution in [0.15, 0.2) is 23.3 Å². The lowest BCUT2D eigenvalue weighted by Gasteiger charge is -2.32. The van der Waals surface area contributed by atoms with Gasteiger partial charge in [-0.25, -0.2) is 0 Å². The molecule has 114 valence electrons. The summed E-state index contributed by atoms with van der Waals surface area (Å²) in [5.74, 6) is 1.64. The second-order valence-corrected chi connectivity index (χ2v) is 6.69. The fourth-order valence-electron chi connectivity index (χ4n) is 3.09. The molecule has 1 saturated heterocycles. The first-order valence-electron chi connectivity index (χ1n) is 7.74. The maximum absolute atomic E-state index is 5.88. The lowest BCUT2D eigenvalue weighted by Crippen LogP contribution is -2.30. The molecule has 1 aliphatic heterocycles. The predicted octanol–water partition coefficient (Wildman–Crippen LogP) is 4.69. The number of hydrogen-bond donors (Lipinski definition) is 0. The average molecular weight is 299 g/mol. The number of hydrogen-bond acceptors (Lipinski definition) is 2. The van der Waals surface area contributed by atoms with Crippen LogP contribution in [0.5, 0.6) is 0 Å². The number of ether oxygens (including phenoxy) is 2. The van der Waals surface area contributed by atoms with Gasteiger partial charge in [0.05, 0.1) is 18.6 Å². The molecule has 1 heterocycles. The summed E-state index contributed by atoms with van der Waals surface area (Å²) >= 11 is 5.83. The molecule has 0 aromatic carbocycles. The number of rotatable bonds is 5. The van der Waals surface area contributed by atoms with Crippen LogP contribution < -0.4 is 0 Å². The van der Waals surface area contributed by atoms with Crippen LogP contribution >= 0.6 is 11.6 Å². The van der Waals surface area contributed by atoms with Crippen molar-refractivity contribution in [3.8, 4) is 0 Å². The second kappa shape index (κ2) is 7.63. The number of allylic oxidation sites excluding steroid dienone is 4. The van der Waals surface area contributed by atoms with E-state index in [9.17, 15) is 0 Å². The zero-order chi connectivity index (χ0) is 14.5. The van der Waals surface area contributed by atoms with Gasteiger partial charge in [0, 0.05) is 5.92 Å². The lowest BCUT2D eigenvalue weighted by atomic mass is 9.79. The minimum Gasteiger partial charge on any atom is -0.350 e. The summed E-state index contributed by atoms with van der Waals surface area (Å²) < 4.78 is 11.6. The molecule has 0 amide bonds. The Morgan fingerprint density at radius 3 is 2.85 bits per heavy atom. The van der Waals surface area contributed by atoms with Crippen LogP contribution in [0.25, 0.3) is 0 Å². The Bertz CT molecular complexity index is 371. The first-order chi connectivity index (χ1) is 9.60. The summed E-state index contributed by atoms with van der Waals surface area (Å²) in [6, 6.07) is 0. The minimum absolute atomic E-state index is 0.0515. The number of halogens is 1. The highest BCUT2D eigenvalue weighted by molar-refractivity contribution is 6.18. The monoisotopic (exact) mass is 298 g/mol. The van der Waals surface area contributed by atoms with Crippen LogP contribution in [0.1, 0.15) is 46.5 Å². The fraction of sp³-hybridized carbons (Fsp3) is 0.765. The molecule has 4 atom stereocenters. The third kappa shape index (κ3) is 4.34. The first-order valence-corrected chi connectivity index (χ1v) is 8.28. The van der Waals surface area contributed by atoms with Crippen LogP contribution in [0.4, 0.5) is 0 Å². The summed E-state index contributed by atoms with van der Waals surface area (Å²) in [6.07, 6.45) is 9.37. The van der Waals surface area contributed by atoms with E-state index in [0.29, 0.717) is 24.3 Å². The van der Waals surface area contributed by atoms with Gasteiger partial charge in [-0.05, 0) is 45.4 Å². The Kier molecular flexibility index (Phi) is 6.13. The second-order valence-electron chi connectivity index (χ2n) is 6.38. The summed E-state index contributed by atoms with van der Waals surface area (Å²) in [6.45, 7) is 7.29. The highest BCUT2D eigenvalue weighted by Crippen LogP contribution is 2.37. The normalized spacial score (nSPS) is 33.9. The van der Waals surface area contributed by atoms with Crippen LogP contribution in [0, 0.1) is 11.8 Å². The average Bonchev–Trinajstić information content (AvgIpc) is 2.87. The first kappa shape index (κ1) is 16.1. The Hall–Kier alpha value is -0.310. The molecule has 0 saturated carbocycles. The molecule has 3 heteroatoms. The molecule has 0 aromatic heterocycles. The molecule has 1 aliphatic carbocycles. The molecule has 0 N–H and O–H groups in total. The van der Waals surface area contributed by atoms with Crippen molar-refractivity contribution >= 4 is 11.6 Å². The van der Waals surface area contributed by atoms with Gasteiger partial charge in [0.25, 0.3) is 0 Å². The van der Waals surface area contributed by atoms with Crippen LogP contribution in [0.3, 0.4) is 0 Å². The van der Waals surface area contributed by atoms with Crippen LogP contribution in [-0.2, 0) is 9.47 Å². The van der Waals surface area contributed by atoms with Crippen LogP contribution in [-0.4, -0.2) is 24.9 Å². The fourth-order valence-corrected chi connectivity index (χ4v) is 3.25. The maximum atomic E-state index is 5.88. The molecular formula is C17H27ClO2. The van der Waals surface area contributed by atoms with Gasteiger partial charge in [-0.2, -0.15) is 0 Å². The Morgan fingerprint density at radius 1 is 1.45 bits per heavy atom. The van der Waals surface area contributed by atoms with Crippen molar-refractivity contribution in [3.63, 3.8) is 0 Å². The molecule has 2 nitrogen and oxygen atoms in total. The SMILES string of the molecule is CC(C)=CCCC1=CC[C@H]([C@@H]2OC[C@@H](CCl)O2)[C@H](C)C1. The topological polar surface area (TPSA) is 18.5 Å². The molecule has 1 fully saturated rings. The molecule has 2 rings (SSSR count). The van der Waals surface area contributed by atoms with Crippen molar-refractivity contribution in [3.05, 3.63) is 23.3 Å². The molecule has 0 aromatic rings. The zero-order valence-electron chi connectivity index (χ0n) is 12.9. The highest BCUT2D eigenvalue weighted by atomic mass is 35.5. The smallest absolute Gasteiger partial charge is 0.161 e. The van der Waals surface area contributed by atoms with Crippen molar-refractivity contribution < 1.29 is 9.47 Å². The summed E-state index contributed by atoms with van der Waals surface area (Å²) in [5, 5.41) is 0. The predicted molar refractivity (Wildman–Crippen MR) is 84.0 cm³/mol. The van der Waals surface area contributed by atoms with E-state index in [1.807, 2.05) is 0 Å². The van der Waals surface area contributed by atoms with E-state index in [1.54, 1.807) is 5.57 Å². The summed E-state index contributed by atoms with van der Waals surface area (Å²) in [7, 11) is 0. The van der Waals surface area contributed by atoms with Crippen molar-refractivity contribution in [2.24, 2.45) is 11.8 Å². The molecule has 0 spiro atoms. The largest absolute Gasteiger partial charge is 0.350 e. The minimum atomic E-state index is -0.0515. The molecule has 2 aliphatic rings. The van der Waals surface area contributed by atoms with E-state index in [2.05, 4.69) is 32.9 Å². The van der Waals surface area contributed by atoms with Crippen molar-refractivity contribution in [2.45, 2.75) is 58.8 Å². The lowest BCUT2D eigenvalue weighted by molar-refractivity contribution is -0.108. The third-order valence-electron chi connectivity index (χ3n) is 4.31. The van der Waals surface area contributed by atoms with Gasteiger partial charge in [0.15, 0.2) is 6.29 Å². The number of alkyl halides is 1. The van der Waals surface area contributed by atoms with Gasteiger partial charge < -0.3 is 9.47 Å². The van der Waals surface area contributed by atoms with E-state index in [-0.39, 0.29) is 12.4 Å². The Morgan fingerprint density at radius 2 is 2.25 bits per heavy atom. The van der Waals surface area contributed by atoms with Gasteiger partial charge in [0.1, 0.15) is 0 Å². The van der Waals surface area contributed by atoms with Gasteiger partial charge in [0.2, 0.25) is 0 Å². The van der Waals surface area contributed by atoms with E-state index in [0.717, 1.165) is 12.8 Å². The van der Waals surface area contributed by atoms with Crippen molar-refractivity contribution in [1.82, 2.24) is 0 Å². The van der Waals surface area contributed by atoms with Gasteiger partial charge in [-0.15, -0.1) is 11.6 Å². The van der Waals surface area contributed by atoms with E-state index < -0.39 is 0 Å². The van der Waals surface area contributed by atoms with Gasteiger partial charge in [-0.3, -0.25) is 0 Å². The highest BCUT2D eigenvalue weighted by Gasteiger charge is 2.36. The van der Waals surface area contributed by atoms with Crippen molar-refractivity contribution in [1.29, 1.82) is 0 Å². The summed E-state index contributed by atoms with van der Waals surface area (Å²) in [4.78, 5) is 0. The zero-order valence-corrected chi connectivity index (χ0v) is 13.7. The van der Waals surface area contributed by atoms with E-state index >= 15 is 0 Å². The molecule has 0 bridgehead atoms. The molecule has 0 radical (unpaired) electrons. The van der Waals surface area contributed by atoms with Gasteiger partial charge >= 0.3 is 0 Å². The quantitative estimate of drug-likeness (QED) is 0.542. The van der Waals surface area contributed by atoms with Crippen LogP contribution in [0.2, 0.25) is 0 Å². The summed E-state index contributed by atoms with van der Waals surface area (Å²) in [5.41, 5.74) is 3.00. The Balaban J connectivity index is 1.84. The molecule has 20 heavy (non-hydrogen) atoms. The van der Waals surface area contributed by atoms with Crippen molar-refractivity contribution in [2.75, 3.05) is 12.5 Å². The van der Waals surface area contributed by atoms with Gasteiger partial charge in [-0.1, -0.05) is 30.2 Å². The van der Waals surface area contributed by atoms with E-state index in [1.165, 1.54) is 18.4 Å². The van der Waals surface area contributed by atoms with E-state index in [4.69, 9.17) is 21.1 Å². The molecule has 0 unspecified atom stereocenters. The third-order valence-corrected chi connectivity index (χ3v) is 4.65. The Labute approximate surface area is 128 Å².